The number of nitrogens with zero attached hydrogens (tertiary/aromatic N) is 3. The molecule has 0 unspecified atom stereocenters. The first-order valence-corrected chi connectivity index (χ1v) is 8.15. The molecule has 1 saturated heterocycles. The predicted molar refractivity (Wildman–Crippen MR) is 89.4 cm³/mol. The van der Waals surface area contributed by atoms with Crippen LogP contribution >= 0.6 is 0 Å². The van der Waals surface area contributed by atoms with E-state index < -0.39 is 5.82 Å². The fraction of sp³-hybridized carbons (Fsp3) is 0.211. The normalized spacial score (nSPS) is 17.0. The molecular weight excluding hydrogens is 321 g/mol. The van der Waals surface area contributed by atoms with Gasteiger partial charge in [0.15, 0.2) is 0 Å². The second kappa shape index (κ2) is 6.47. The molecule has 1 atom stereocenters. The van der Waals surface area contributed by atoms with Crippen LogP contribution in [0.4, 0.5) is 4.39 Å². The zero-order chi connectivity index (χ0) is 17.2. The minimum Gasteiger partial charge on any atom is -0.339 e. The molecule has 126 valence electrons. The summed E-state index contributed by atoms with van der Waals surface area (Å²) in [6.45, 7) is 0.991. The summed E-state index contributed by atoms with van der Waals surface area (Å²) in [5.41, 5.74) is 0.980. The maximum absolute atomic E-state index is 13.8. The fourth-order valence-electron chi connectivity index (χ4n) is 3.06. The van der Waals surface area contributed by atoms with Gasteiger partial charge in [0.05, 0.1) is 11.5 Å². The molecular formula is C19H16FN3O2. The summed E-state index contributed by atoms with van der Waals surface area (Å²) >= 11 is 0. The first-order chi connectivity index (χ1) is 12.2. The molecule has 6 heteroatoms. The van der Waals surface area contributed by atoms with Crippen LogP contribution in [-0.4, -0.2) is 34.0 Å². The van der Waals surface area contributed by atoms with Gasteiger partial charge < -0.3 is 9.42 Å². The van der Waals surface area contributed by atoms with Crippen LogP contribution in [0.3, 0.4) is 0 Å². The number of carbonyl (C=O) groups excluding carboxylic acids is 1. The molecule has 2 aromatic carbocycles. The number of hydrogen-bond acceptors (Lipinski definition) is 4. The summed E-state index contributed by atoms with van der Waals surface area (Å²) in [5, 5.41) is 4.02. The highest BCUT2D eigenvalue weighted by molar-refractivity contribution is 5.94. The fourth-order valence-corrected chi connectivity index (χ4v) is 3.06. The zero-order valence-electron chi connectivity index (χ0n) is 13.4. The van der Waals surface area contributed by atoms with Crippen molar-refractivity contribution in [3.8, 4) is 11.4 Å². The van der Waals surface area contributed by atoms with Gasteiger partial charge in [-0.05, 0) is 18.6 Å². The van der Waals surface area contributed by atoms with Crippen LogP contribution in [-0.2, 0) is 0 Å². The van der Waals surface area contributed by atoms with Gasteiger partial charge in [-0.2, -0.15) is 4.98 Å². The molecule has 1 aromatic heterocycles. The molecule has 0 N–H and O–H groups in total. The molecule has 0 saturated carbocycles. The number of benzene rings is 2. The van der Waals surface area contributed by atoms with Crippen LogP contribution in [0.5, 0.6) is 0 Å². The lowest BCUT2D eigenvalue weighted by molar-refractivity contribution is 0.0785. The van der Waals surface area contributed by atoms with Gasteiger partial charge in [-0.1, -0.05) is 47.6 Å². The molecule has 2 heterocycles. The van der Waals surface area contributed by atoms with Crippen molar-refractivity contribution < 1.29 is 13.7 Å². The van der Waals surface area contributed by atoms with E-state index in [4.69, 9.17) is 4.52 Å². The van der Waals surface area contributed by atoms with E-state index in [1.54, 1.807) is 17.0 Å². The molecule has 0 bridgehead atoms. The number of halogens is 1. The van der Waals surface area contributed by atoms with Crippen LogP contribution < -0.4 is 0 Å². The largest absolute Gasteiger partial charge is 0.339 e. The molecule has 1 fully saturated rings. The highest BCUT2D eigenvalue weighted by Crippen LogP contribution is 2.29. The highest BCUT2D eigenvalue weighted by Gasteiger charge is 2.32. The number of rotatable bonds is 3. The second-order valence-electron chi connectivity index (χ2n) is 6.04. The van der Waals surface area contributed by atoms with Gasteiger partial charge in [-0.15, -0.1) is 0 Å². The van der Waals surface area contributed by atoms with Crippen LogP contribution in [0.1, 0.15) is 28.6 Å². The Morgan fingerprint density at radius 3 is 2.68 bits per heavy atom. The minimum absolute atomic E-state index is 0.0271. The maximum Gasteiger partial charge on any atom is 0.256 e. The summed E-state index contributed by atoms with van der Waals surface area (Å²) in [5.74, 6) is 0.223. The van der Waals surface area contributed by atoms with Crippen LogP contribution in [0.25, 0.3) is 11.4 Å². The van der Waals surface area contributed by atoms with Gasteiger partial charge in [0.25, 0.3) is 5.91 Å². The van der Waals surface area contributed by atoms with Crippen molar-refractivity contribution in [3.63, 3.8) is 0 Å². The summed E-state index contributed by atoms with van der Waals surface area (Å²) in [6.07, 6.45) is 0.719. The Hall–Kier alpha value is -3.02. The summed E-state index contributed by atoms with van der Waals surface area (Å²) in [7, 11) is 0. The topological polar surface area (TPSA) is 59.2 Å². The number of carbonyl (C=O) groups is 1. The Bertz CT molecular complexity index is 894. The standard InChI is InChI=1S/C19H16FN3O2/c20-16-9-5-4-8-15(16)19(24)23-11-10-14(12-23)18-21-17(22-25-18)13-6-2-1-3-7-13/h1-9,14H,10-12H2/t14-/m1/s1. The highest BCUT2D eigenvalue weighted by atomic mass is 19.1. The molecule has 3 aromatic rings. The summed E-state index contributed by atoms with van der Waals surface area (Å²) in [4.78, 5) is 18.6. The minimum atomic E-state index is -0.500. The smallest absolute Gasteiger partial charge is 0.256 e. The van der Waals surface area contributed by atoms with Crippen molar-refractivity contribution in [1.29, 1.82) is 0 Å². The van der Waals surface area contributed by atoms with Crippen molar-refractivity contribution in [2.45, 2.75) is 12.3 Å². The Morgan fingerprint density at radius 1 is 1.12 bits per heavy atom. The number of hydrogen-bond donors (Lipinski definition) is 0. The number of amides is 1. The molecule has 0 aliphatic carbocycles. The van der Waals surface area contributed by atoms with Gasteiger partial charge in [-0.3, -0.25) is 4.79 Å². The van der Waals surface area contributed by atoms with Crippen molar-refractivity contribution in [3.05, 3.63) is 71.9 Å². The van der Waals surface area contributed by atoms with Crippen molar-refractivity contribution in [2.75, 3.05) is 13.1 Å². The first-order valence-electron chi connectivity index (χ1n) is 8.15. The van der Waals surface area contributed by atoms with E-state index in [9.17, 15) is 9.18 Å². The molecule has 25 heavy (non-hydrogen) atoms. The van der Waals surface area contributed by atoms with E-state index in [1.807, 2.05) is 30.3 Å². The van der Waals surface area contributed by atoms with Gasteiger partial charge in [0.1, 0.15) is 5.82 Å². The van der Waals surface area contributed by atoms with Crippen LogP contribution in [0.2, 0.25) is 0 Å². The third-order valence-corrected chi connectivity index (χ3v) is 4.40. The van der Waals surface area contributed by atoms with E-state index >= 15 is 0 Å². The monoisotopic (exact) mass is 337 g/mol. The van der Waals surface area contributed by atoms with Crippen LogP contribution in [0.15, 0.2) is 59.1 Å². The van der Waals surface area contributed by atoms with Gasteiger partial charge in [-0.25, -0.2) is 4.39 Å². The molecule has 1 aliphatic heterocycles. The van der Waals surface area contributed by atoms with E-state index in [0.717, 1.165) is 12.0 Å². The van der Waals surface area contributed by atoms with Gasteiger partial charge in [0, 0.05) is 18.7 Å². The van der Waals surface area contributed by atoms with E-state index in [0.29, 0.717) is 24.8 Å². The lowest BCUT2D eigenvalue weighted by atomic mass is 10.1. The Balaban J connectivity index is 1.49. The Labute approximate surface area is 144 Å². The zero-order valence-corrected chi connectivity index (χ0v) is 13.4. The molecule has 5 nitrogen and oxygen atoms in total. The van der Waals surface area contributed by atoms with Crippen molar-refractivity contribution >= 4 is 5.91 Å². The van der Waals surface area contributed by atoms with E-state index in [-0.39, 0.29) is 17.4 Å². The molecule has 0 spiro atoms. The molecule has 4 rings (SSSR count). The van der Waals surface area contributed by atoms with Crippen LogP contribution in [0, 0.1) is 5.82 Å². The quantitative estimate of drug-likeness (QED) is 0.734. The Morgan fingerprint density at radius 2 is 1.88 bits per heavy atom. The SMILES string of the molecule is O=C(c1ccccc1F)N1CC[C@@H](c2nc(-c3ccccc3)no2)C1. The Kier molecular flexibility index (Phi) is 4.01. The summed E-state index contributed by atoms with van der Waals surface area (Å²) in [6, 6.07) is 15.6. The van der Waals surface area contributed by atoms with Crippen molar-refractivity contribution in [1.82, 2.24) is 15.0 Å². The summed E-state index contributed by atoms with van der Waals surface area (Å²) < 4.78 is 19.2. The first kappa shape index (κ1) is 15.5. The lowest BCUT2D eigenvalue weighted by Gasteiger charge is -2.16. The predicted octanol–water partition coefficient (Wildman–Crippen LogP) is 3.51. The number of aromatic nitrogens is 2. The molecule has 0 radical (unpaired) electrons. The van der Waals surface area contributed by atoms with Gasteiger partial charge >= 0.3 is 0 Å². The van der Waals surface area contributed by atoms with E-state index in [2.05, 4.69) is 10.1 Å². The average Bonchev–Trinajstić information content (AvgIpc) is 3.32. The average molecular weight is 337 g/mol. The van der Waals surface area contributed by atoms with Gasteiger partial charge in [0.2, 0.25) is 11.7 Å². The van der Waals surface area contributed by atoms with E-state index in [1.165, 1.54) is 12.1 Å². The lowest BCUT2D eigenvalue weighted by Crippen LogP contribution is -2.29. The molecule has 1 amide bonds. The maximum atomic E-state index is 13.8. The molecule has 1 aliphatic rings. The third-order valence-electron chi connectivity index (χ3n) is 4.40. The second-order valence-corrected chi connectivity index (χ2v) is 6.04. The number of likely N-dealkylation sites (tertiary alicyclic amines) is 1. The van der Waals surface area contributed by atoms with Crippen molar-refractivity contribution in [2.24, 2.45) is 0 Å². The third kappa shape index (κ3) is 3.03.